The van der Waals surface area contributed by atoms with Gasteiger partial charge in [-0.15, -0.1) is 0 Å². The number of alkyl halides is 6. The molecule has 0 saturated carbocycles. The molecule has 2 N–H and O–H groups in total. The van der Waals surface area contributed by atoms with Gasteiger partial charge in [-0.3, -0.25) is 14.7 Å². The van der Waals surface area contributed by atoms with Gasteiger partial charge in [0, 0.05) is 25.7 Å². The van der Waals surface area contributed by atoms with E-state index in [1.807, 2.05) is 35.2 Å². The van der Waals surface area contributed by atoms with Gasteiger partial charge in [0.15, 0.2) is 0 Å². The van der Waals surface area contributed by atoms with Crippen LogP contribution in [0.1, 0.15) is 24.3 Å². The van der Waals surface area contributed by atoms with Crippen molar-refractivity contribution in [1.82, 2.24) is 14.8 Å². The van der Waals surface area contributed by atoms with Crippen LogP contribution in [0.2, 0.25) is 0 Å². The van der Waals surface area contributed by atoms with E-state index in [9.17, 15) is 31.1 Å². The lowest BCUT2D eigenvalue weighted by atomic mass is 10.2. The van der Waals surface area contributed by atoms with E-state index >= 15 is 0 Å². The summed E-state index contributed by atoms with van der Waals surface area (Å²) < 4.78 is 74.2. The number of hydrogen-bond acceptors (Lipinski definition) is 7. The number of morpholine rings is 1. The molecule has 0 aromatic carbocycles. The highest BCUT2D eigenvalue weighted by molar-refractivity contribution is 5.76. The molecule has 2 aromatic heterocycles. The first-order chi connectivity index (χ1) is 18.2. The predicted molar refractivity (Wildman–Crippen MR) is 121 cm³/mol. The van der Waals surface area contributed by atoms with Gasteiger partial charge in [-0.2, -0.15) is 26.3 Å². The number of pyridine rings is 1. The lowest BCUT2D eigenvalue weighted by Gasteiger charge is -2.27. The summed E-state index contributed by atoms with van der Waals surface area (Å²) >= 11 is 0. The minimum atomic E-state index is -5.08. The highest BCUT2D eigenvalue weighted by Gasteiger charge is 2.38. The van der Waals surface area contributed by atoms with Crippen LogP contribution in [-0.4, -0.2) is 88.0 Å². The summed E-state index contributed by atoms with van der Waals surface area (Å²) in [7, 11) is 0. The molecule has 0 radical (unpaired) electrons. The van der Waals surface area contributed by atoms with Gasteiger partial charge in [-0.25, -0.2) is 9.59 Å². The molecule has 0 aliphatic carbocycles. The first-order valence-electron chi connectivity index (χ1n) is 11.3. The normalized spacial score (nSPS) is 13.8. The second-order valence-electron chi connectivity index (χ2n) is 7.81. The second-order valence-corrected chi connectivity index (χ2v) is 7.81. The first-order valence-corrected chi connectivity index (χ1v) is 11.3. The van der Waals surface area contributed by atoms with Crippen molar-refractivity contribution in [1.29, 1.82) is 0 Å². The van der Waals surface area contributed by atoms with Crippen LogP contribution in [0.25, 0.3) is 0 Å². The Balaban J connectivity index is 0.000000449. The Kier molecular flexibility index (Phi) is 14.0. The summed E-state index contributed by atoms with van der Waals surface area (Å²) in [6.45, 7) is 5.40. The summed E-state index contributed by atoms with van der Waals surface area (Å²) in [6.07, 6.45) is -5.39. The molecule has 2 aromatic rings. The number of hydrogen-bond donors (Lipinski definition) is 2. The monoisotopic (exact) mass is 571 g/mol. The molecule has 1 saturated heterocycles. The molecule has 3 rings (SSSR count). The predicted octanol–water partition coefficient (Wildman–Crippen LogP) is 3.58. The molecule has 1 aliphatic heterocycles. The minimum Gasteiger partial charge on any atom is -0.475 e. The summed E-state index contributed by atoms with van der Waals surface area (Å²) in [4.78, 5) is 39.0. The van der Waals surface area contributed by atoms with E-state index < -0.39 is 24.3 Å². The standard InChI is InChI=1S/C19H25N3O3.2C2HF3O2/c23-19(7-3-9-21-10-13-24-14-11-21)22(16-18-6-4-12-25-18)15-17-5-1-2-8-20-17;2*3-2(4,5)1(6)7/h1-2,4-6,8,12H,3,7,9-11,13-16H2;2*(H,6,7). The second kappa shape index (κ2) is 16.3. The molecule has 1 amide bonds. The van der Waals surface area contributed by atoms with E-state index in [1.54, 1.807) is 12.5 Å². The smallest absolute Gasteiger partial charge is 0.475 e. The average molecular weight is 571 g/mol. The zero-order valence-corrected chi connectivity index (χ0v) is 20.5. The maximum absolute atomic E-state index is 12.7. The number of halogens is 6. The Bertz CT molecular complexity index is 972. The van der Waals surface area contributed by atoms with Crippen LogP contribution >= 0.6 is 0 Å². The van der Waals surface area contributed by atoms with Crippen molar-refractivity contribution in [2.45, 2.75) is 38.3 Å². The number of rotatable bonds is 8. The number of nitrogens with zero attached hydrogens (tertiary/aromatic N) is 3. The quantitative estimate of drug-likeness (QED) is 0.456. The summed E-state index contributed by atoms with van der Waals surface area (Å²) in [5.41, 5.74) is 0.885. The Morgan fingerprint density at radius 3 is 1.97 bits per heavy atom. The van der Waals surface area contributed by atoms with Gasteiger partial charge in [-0.1, -0.05) is 6.07 Å². The number of furan rings is 1. The van der Waals surface area contributed by atoms with E-state index in [4.69, 9.17) is 29.0 Å². The Hall–Kier alpha value is -3.66. The van der Waals surface area contributed by atoms with Crippen LogP contribution in [0.3, 0.4) is 0 Å². The van der Waals surface area contributed by atoms with Gasteiger partial charge in [-0.05, 0) is 37.2 Å². The summed E-state index contributed by atoms with van der Waals surface area (Å²) in [5.74, 6) is -4.59. The molecule has 0 atom stereocenters. The van der Waals surface area contributed by atoms with Crippen LogP contribution in [0, 0.1) is 0 Å². The summed E-state index contributed by atoms with van der Waals surface area (Å²) in [5, 5.41) is 14.2. The molecule has 0 unspecified atom stereocenters. The Morgan fingerprint density at radius 2 is 1.51 bits per heavy atom. The maximum Gasteiger partial charge on any atom is 0.490 e. The molecule has 218 valence electrons. The van der Waals surface area contributed by atoms with Gasteiger partial charge in [0.05, 0.1) is 38.3 Å². The third kappa shape index (κ3) is 14.8. The highest BCUT2D eigenvalue weighted by atomic mass is 19.4. The van der Waals surface area contributed by atoms with Crippen LogP contribution in [0.5, 0.6) is 0 Å². The number of aliphatic carboxylic acids is 2. The average Bonchev–Trinajstić information content (AvgIpc) is 3.38. The van der Waals surface area contributed by atoms with E-state index in [1.165, 1.54) is 0 Å². The summed E-state index contributed by atoms with van der Waals surface area (Å²) in [6, 6.07) is 9.50. The van der Waals surface area contributed by atoms with E-state index in [2.05, 4.69) is 9.88 Å². The lowest BCUT2D eigenvalue weighted by Crippen LogP contribution is -2.37. The number of carboxylic acid groups (broad SMARTS) is 2. The van der Waals surface area contributed by atoms with Crippen LogP contribution < -0.4 is 0 Å². The maximum atomic E-state index is 12.7. The van der Waals surface area contributed by atoms with Crippen molar-refractivity contribution in [2.75, 3.05) is 32.8 Å². The van der Waals surface area contributed by atoms with Gasteiger partial charge < -0.3 is 24.3 Å². The van der Waals surface area contributed by atoms with Gasteiger partial charge >= 0.3 is 24.3 Å². The number of carboxylic acids is 2. The molecule has 1 aliphatic rings. The fourth-order valence-corrected chi connectivity index (χ4v) is 2.95. The van der Waals surface area contributed by atoms with Crippen molar-refractivity contribution in [3.63, 3.8) is 0 Å². The number of aromatic nitrogens is 1. The fourth-order valence-electron chi connectivity index (χ4n) is 2.95. The van der Waals surface area contributed by atoms with Gasteiger partial charge in [0.25, 0.3) is 0 Å². The van der Waals surface area contributed by atoms with Crippen molar-refractivity contribution in [3.05, 3.63) is 54.2 Å². The fraction of sp³-hybridized carbons (Fsp3) is 0.478. The molecule has 3 heterocycles. The van der Waals surface area contributed by atoms with E-state index in [0.717, 1.165) is 50.7 Å². The number of carbonyl (C=O) groups excluding carboxylic acids is 1. The molecule has 0 bridgehead atoms. The zero-order valence-electron chi connectivity index (χ0n) is 20.5. The van der Waals surface area contributed by atoms with Crippen molar-refractivity contribution < 1.29 is 60.1 Å². The van der Waals surface area contributed by atoms with E-state index in [0.29, 0.717) is 19.5 Å². The van der Waals surface area contributed by atoms with Crippen LogP contribution in [0.4, 0.5) is 26.3 Å². The lowest BCUT2D eigenvalue weighted by molar-refractivity contribution is -0.193. The zero-order chi connectivity index (χ0) is 29.5. The Morgan fingerprint density at radius 1 is 0.923 bits per heavy atom. The van der Waals surface area contributed by atoms with Gasteiger partial charge in [0.1, 0.15) is 5.76 Å². The number of ether oxygens (including phenoxy) is 1. The van der Waals surface area contributed by atoms with Crippen LogP contribution in [0.15, 0.2) is 47.2 Å². The Labute approximate surface area is 218 Å². The largest absolute Gasteiger partial charge is 0.490 e. The molecular weight excluding hydrogens is 544 g/mol. The number of carbonyl (C=O) groups is 3. The molecule has 39 heavy (non-hydrogen) atoms. The minimum absolute atomic E-state index is 0.135. The third-order valence-electron chi connectivity index (χ3n) is 4.81. The molecule has 16 heteroatoms. The van der Waals surface area contributed by atoms with Gasteiger partial charge in [0.2, 0.25) is 5.91 Å². The molecular formula is C23H27F6N3O7. The molecule has 10 nitrogen and oxygen atoms in total. The van der Waals surface area contributed by atoms with Crippen molar-refractivity contribution in [2.24, 2.45) is 0 Å². The third-order valence-corrected chi connectivity index (χ3v) is 4.81. The topological polar surface area (TPSA) is 133 Å². The molecule has 0 spiro atoms. The van der Waals surface area contributed by atoms with E-state index in [-0.39, 0.29) is 5.91 Å². The van der Waals surface area contributed by atoms with Crippen LogP contribution in [-0.2, 0) is 32.2 Å². The molecule has 1 fully saturated rings. The van der Waals surface area contributed by atoms with Crippen molar-refractivity contribution in [3.8, 4) is 0 Å². The number of amides is 1. The first kappa shape index (κ1) is 33.4. The van der Waals surface area contributed by atoms with Crippen molar-refractivity contribution >= 4 is 17.8 Å². The highest BCUT2D eigenvalue weighted by Crippen LogP contribution is 2.14. The SMILES string of the molecule is O=C(CCCN1CCOCC1)N(Cc1ccccn1)Cc1ccco1.O=C(O)C(F)(F)F.O=C(O)C(F)(F)F.